The largest absolute Gasteiger partial charge is 0.381 e. The van der Waals surface area contributed by atoms with Crippen LogP contribution >= 0.6 is 11.6 Å². The third kappa shape index (κ3) is 2.48. The van der Waals surface area contributed by atoms with Crippen molar-refractivity contribution in [3.8, 4) is 0 Å². The molecule has 2 aromatic rings. The quantitative estimate of drug-likeness (QED) is 0.813. The lowest BCUT2D eigenvalue weighted by Gasteiger charge is -2.14. The molecule has 1 aliphatic rings. The van der Waals surface area contributed by atoms with Crippen LogP contribution in [0.5, 0.6) is 0 Å². The summed E-state index contributed by atoms with van der Waals surface area (Å²) in [6.45, 7) is 0. The van der Waals surface area contributed by atoms with Gasteiger partial charge in [0.1, 0.15) is 0 Å². The molecule has 5 heteroatoms. The highest BCUT2D eigenvalue weighted by Gasteiger charge is 2.22. The van der Waals surface area contributed by atoms with E-state index in [9.17, 15) is 13.2 Å². The summed E-state index contributed by atoms with van der Waals surface area (Å²) in [5.74, 6) is -3.82. The standard InChI is InChI=1S/C15H11ClF3N/c16-10-2-1-8-4-11(5-9(8)3-10)20-12-6-13(17)15(19)14(18)7-12/h1-3,6-7,11,20H,4-5H2. The molecular weight excluding hydrogens is 287 g/mol. The second-order valence-electron chi connectivity index (χ2n) is 4.92. The number of rotatable bonds is 2. The normalized spacial score (nSPS) is 17.1. The van der Waals surface area contributed by atoms with E-state index in [1.54, 1.807) is 0 Å². The van der Waals surface area contributed by atoms with Gasteiger partial charge < -0.3 is 5.32 Å². The average Bonchev–Trinajstić information content (AvgIpc) is 2.77. The van der Waals surface area contributed by atoms with E-state index in [1.165, 1.54) is 0 Å². The van der Waals surface area contributed by atoms with Crippen LogP contribution in [0.4, 0.5) is 18.9 Å². The zero-order chi connectivity index (χ0) is 14.3. The Labute approximate surface area is 119 Å². The molecule has 0 saturated heterocycles. The molecular formula is C15H11ClF3N. The zero-order valence-corrected chi connectivity index (χ0v) is 11.1. The van der Waals surface area contributed by atoms with Crippen LogP contribution in [-0.4, -0.2) is 6.04 Å². The number of nitrogens with one attached hydrogen (secondary N) is 1. The van der Waals surface area contributed by atoms with Crippen LogP contribution in [0.25, 0.3) is 0 Å². The van der Waals surface area contributed by atoms with Gasteiger partial charge in [-0.25, -0.2) is 13.2 Å². The fraction of sp³-hybridized carbons (Fsp3) is 0.200. The maximum atomic E-state index is 13.2. The molecule has 3 rings (SSSR count). The summed E-state index contributed by atoms with van der Waals surface area (Å²) in [6, 6.07) is 7.62. The van der Waals surface area contributed by atoms with Crippen LogP contribution in [0.15, 0.2) is 30.3 Å². The number of halogens is 4. The first-order valence-electron chi connectivity index (χ1n) is 6.21. The minimum absolute atomic E-state index is 0.0210. The van der Waals surface area contributed by atoms with Crippen molar-refractivity contribution in [2.45, 2.75) is 18.9 Å². The maximum absolute atomic E-state index is 13.2. The van der Waals surface area contributed by atoms with Gasteiger partial charge in [-0.05, 0) is 36.1 Å². The summed E-state index contributed by atoms with van der Waals surface area (Å²) >= 11 is 5.93. The van der Waals surface area contributed by atoms with E-state index in [2.05, 4.69) is 5.32 Å². The van der Waals surface area contributed by atoms with Crippen LogP contribution in [-0.2, 0) is 12.8 Å². The van der Waals surface area contributed by atoms with E-state index in [1.807, 2.05) is 18.2 Å². The van der Waals surface area contributed by atoms with E-state index in [4.69, 9.17) is 11.6 Å². The summed E-state index contributed by atoms with van der Waals surface area (Å²) in [5.41, 5.74) is 2.53. The Morgan fingerprint density at radius 1 is 0.950 bits per heavy atom. The Morgan fingerprint density at radius 3 is 2.30 bits per heavy atom. The Balaban J connectivity index is 1.78. The average molecular weight is 298 g/mol. The first-order valence-corrected chi connectivity index (χ1v) is 6.59. The summed E-state index contributed by atoms with van der Waals surface area (Å²) < 4.78 is 39.2. The van der Waals surface area contributed by atoms with Crippen molar-refractivity contribution < 1.29 is 13.2 Å². The fourth-order valence-electron chi connectivity index (χ4n) is 2.56. The Hall–Kier alpha value is -1.68. The minimum atomic E-state index is -1.45. The van der Waals surface area contributed by atoms with Crippen LogP contribution < -0.4 is 5.32 Å². The van der Waals surface area contributed by atoms with Crippen molar-refractivity contribution in [3.05, 3.63) is 63.9 Å². The van der Waals surface area contributed by atoms with Crippen molar-refractivity contribution in [1.29, 1.82) is 0 Å². The van der Waals surface area contributed by atoms with Gasteiger partial charge in [0, 0.05) is 28.9 Å². The smallest absolute Gasteiger partial charge is 0.194 e. The molecule has 1 N–H and O–H groups in total. The highest BCUT2D eigenvalue weighted by Crippen LogP contribution is 2.28. The maximum Gasteiger partial charge on any atom is 0.194 e. The van der Waals surface area contributed by atoms with E-state index in [0.29, 0.717) is 5.02 Å². The number of hydrogen-bond donors (Lipinski definition) is 1. The third-order valence-electron chi connectivity index (χ3n) is 3.46. The minimum Gasteiger partial charge on any atom is -0.381 e. The summed E-state index contributed by atoms with van der Waals surface area (Å²) in [7, 11) is 0. The van der Waals surface area contributed by atoms with E-state index >= 15 is 0 Å². The first-order chi connectivity index (χ1) is 9.52. The molecule has 0 amide bonds. The molecule has 0 fully saturated rings. The predicted octanol–water partition coefficient (Wildman–Crippen LogP) is 4.34. The van der Waals surface area contributed by atoms with Crippen LogP contribution in [0, 0.1) is 17.5 Å². The van der Waals surface area contributed by atoms with Gasteiger partial charge in [0.05, 0.1) is 0 Å². The monoisotopic (exact) mass is 297 g/mol. The molecule has 2 aromatic carbocycles. The number of benzene rings is 2. The highest BCUT2D eigenvalue weighted by molar-refractivity contribution is 6.30. The lowest BCUT2D eigenvalue weighted by molar-refractivity contribution is 0.447. The molecule has 20 heavy (non-hydrogen) atoms. The summed E-state index contributed by atoms with van der Waals surface area (Å²) in [4.78, 5) is 0. The van der Waals surface area contributed by atoms with Gasteiger partial charge in [-0.3, -0.25) is 0 Å². The third-order valence-corrected chi connectivity index (χ3v) is 3.69. The van der Waals surface area contributed by atoms with Crippen molar-refractivity contribution in [3.63, 3.8) is 0 Å². The van der Waals surface area contributed by atoms with Gasteiger partial charge in [0.2, 0.25) is 0 Å². The van der Waals surface area contributed by atoms with Gasteiger partial charge >= 0.3 is 0 Å². The van der Waals surface area contributed by atoms with Gasteiger partial charge in [0.25, 0.3) is 0 Å². The molecule has 104 valence electrons. The molecule has 1 nitrogen and oxygen atoms in total. The van der Waals surface area contributed by atoms with Gasteiger partial charge in [0.15, 0.2) is 17.5 Å². The molecule has 0 aromatic heterocycles. The topological polar surface area (TPSA) is 12.0 Å². The first kappa shape index (κ1) is 13.3. The molecule has 0 heterocycles. The van der Waals surface area contributed by atoms with E-state index < -0.39 is 17.5 Å². The van der Waals surface area contributed by atoms with Crippen molar-refractivity contribution in [1.82, 2.24) is 0 Å². The molecule has 1 atom stereocenters. The van der Waals surface area contributed by atoms with Gasteiger partial charge in [-0.1, -0.05) is 17.7 Å². The van der Waals surface area contributed by atoms with Gasteiger partial charge in [-0.15, -0.1) is 0 Å². The molecule has 1 unspecified atom stereocenters. The Bertz CT molecular complexity index is 649. The van der Waals surface area contributed by atoms with Crippen LogP contribution in [0.2, 0.25) is 5.02 Å². The summed E-state index contributed by atoms with van der Waals surface area (Å²) in [6.07, 6.45) is 1.46. The molecule has 0 aliphatic heterocycles. The van der Waals surface area contributed by atoms with Gasteiger partial charge in [-0.2, -0.15) is 0 Å². The lowest BCUT2D eigenvalue weighted by atomic mass is 10.1. The molecule has 0 bridgehead atoms. The molecule has 0 spiro atoms. The molecule has 0 saturated carbocycles. The number of hydrogen-bond acceptors (Lipinski definition) is 1. The summed E-state index contributed by atoms with van der Waals surface area (Å²) in [5, 5.41) is 3.70. The lowest BCUT2D eigenvalue weighted by Crippen LogP contribution is -2.19. The predicted molar refractivity (Wildman–Crippen MR) is 72.6 cm³/mol. The van der Waals surface area contributed by atoms with E-state index in [-0.39, 0.29) is 11.7 Å². The second-order valence-corrected chi connectivity index (χ2v) is 5.35. The number of fused-ring (bicyclic) bond motifs is 1. The highest BCUT2D eigenvalue weighted by atomic mass is 35.5. The second kappa shape index (κ2) is 5.02. The molecule has 1 aliphatic carbocycles. The van der Waals surface area contributed by atoms with Crippen LogP contribution in [0.1, 0.15) is 11.1 Å². The Morgan fingerprint density at radius 2 is 1.60 bits per heavy atom. The van der Waals surface area contributed by atoms with Crippen molar-refractivity contribution in [2.75, 3.05) is 5.32 Å². The fourth-order valence-corrected chi connectivity index (χ4v) is 2.76. The van der Waals surface area contributed by atoms with Crippen molar-refractivity contribution >= 4 is 17.3 Å². The number of anilines is 1. The van der Waals surface area contributed by atoms with E-state index in [0.717, 1.165) is 36.1 Å². The Kier molecular flexibility index (Phi) is 3.34. The molecule has 0 radical (unpaired) electrons. The SMILES string of the molecule is Fc1cc(NC2Cc3ccc(Cl)cc3C2)cc(F)c1F. The zero-order valence-electron chi connectivity index (χ0n) is 10.4. The van der Waals surface area contributed by atoms with Crippen LogP contribution in [0.3, 0.4) is 0 Å². The van der Waals surface area contributed by atoms with Crippen molar-refractivity contribution in [2.24, 2.45) is 0 Å².